The van der Waals surface area contributed by atoms with Gasteiger partial charge in [0.05, 0.1) is 6.61 Å². The SMILES string of the molecule is CC(CO)Nc1n[nH]c2nccc(Oc3ccc(NC(=O)c4cn(C(C)C)cc(-c5ccc(F)c(F)c5)c4=O)cc3F)c12. The van der Waals surface area contributed by atoms with Gasteiger partial charge in [-0.05, 0) is 50.6 Å². The summed E-state index contributed by atoms with van der Waals surface area (Å²) in [6.45, 7) is 5.25. The second-order valence-corrected chi connectivity index (χ2v) is 10.1. The Kier molecular flexibility index (Phi) is 8.17. The Morgan fingerprint density at radius 2 is 1.81 bits per heavy atom. The Balaban J connectivity index is 1.42. The van der Waals surface area contributed by atoms with Gasteiger partial charge in [-0.3, -0.25) is 14.7 Å². The maximum Gasteiger partial charge on any atom is 0.261 e. The number of aromatic amines is 1. The van der Waals surface area contributed by atoms with Crippen molar-refractivity contribution in [3.05, 3.63) is 94.3 Å². The van der Waals surface area contributed by atoms with Crippen molar-refractivity contribution in [2.75, 3.05) is 17.2 Å². The van der Waals surface area contributed by atoms with E-state index in [-0.39, 0.29) is 52.6 Å². The zero-order chi connectivity index (χ0) is 30.8. The van der Waals surface area contributed by atoms with E-state index in [0.29, 0.717) is 16.9 Å². The van der Waals surface area contributed by atoms with Crippen molar-refractivity contribution in [3.63, 3.8) is 0 Å². The van der Waals surface area contributed by atoms with Gasteiger partial charge in [0, 0.05) is 54.1 Å². The summed E-state index contributed by atoms with van der Waals surface area (Å²) in [5.41, 5.74) is -0.443. The maximum atomic E-state index is 15.2. The van der Waals surface area contributed by atoms with Gasteiger partial charge in [-0.15, -0.1) is 0 Å². The summed E-state index contributed by atoms with van der Waals surface area (Å²) in [6, 6.07) is 7.82. The third-order valence-corrected chi connectivity index (χ3v) is 6.61. The average molecular weight is 593 g/mol. The number of aliphatic hydroxyl groups excluding tert-OH is 1. The summed E-state index contributed by atoms with van der Waals surface area (Å²) in [6.07, 6.45) is 4.27. The number of hydrogen-bond donors (Lipinski definition) is 4. The molecule has 0 spiro atoms. The molecular weight excluding hydrogens is 565 g/mol. The number of rotatable bonds is 9. The lowest BCUT2D eigenvalue weighted by Gasteiger charge is -2.16. The van der Waals surface area contributed by atoms with E-state index in [9.17, 15) is 23.5 Å². The van der Waals surface area contributed by atoms with Gasteiger partial charge in [-0.25, -0.2) is 18.2 Å². The number of pyridine rings is 2. The van der Waals surface area contributed by atoms with Crippen LogP contribution in [0, 0.1) is 17.5 Å². The molecule has 3 aromatic heterocycles. The lowest BCUT2D eigenvalue weighted by molar-refractivity contribution is 0.102. The molecule has 5 aromatic rings. The molecular formula is C30H27F3N6O4. The van der Waals surface area contributed by atoms with Gasteiger partial charge in [0.15, 0.2) is 34.7 Å². The quantitative estimate of drug-likeness (QED) is 0.175. The van der Waals surface area contributed by atoms with Crippen LogP contribution in [0.2, 0.25) is 0 Å². The van der Waals surface area contributed by atoms with E-state index in [1.54, 1.807) is 11.5 Å². The van der Waals surface area contributed by atoms with Gasteiger partial charge >= 0.3 is 0 Å². The molecule has 5 rings (SSSR count). The molecule has 10 nitrogen and oxygen atoms in total. The number of hydrogen-bond acceptors (Lipinski definition) is 7. The maximum absolute atomic E-state index is 15.2. The molecule has 2 aromatic carbocycles. The van der Waals surface area contributed by atoms with E-state index in [1.165, 1.54) is 42.9 Å². The predicted octanol–water partition coefficient (Wildman–Crippen LogP) is 5.62. The van der Waals surface area contributed by atoms with Gasteiger partial charge in [0.25, 0.3) is 5.91 Å². The van der Waals surface area contributed by atoms with E-state index < -0.39 is 28.8 Å². The number of carbonyl (C=O) groups excluding carboxylic acids is 1. The molecule has 0 aliphatic heterocycles. The first-order chi connectivity index (χ1) is 20.5. The number of H-pyrrole nitrogens is 1. The first kappa shape index (κ1) is 29.3. The molecule has 1 amide bonds. The summed E-state index contributed by atoms with van der Waals surface area (Å²) in [7, 11) is 0. The molecule has 222 valence electrons. The van der Waals surface area contributed by atoms with Crippen molar-refractivity contribution in [1.82, 2.24) is 19.7 Å². The van der Waals surface area contributed by atoms with Gasteiger partial charge in [-0.1, -0.05) is 6.07 Å². The minimum absolute atomic E-state index is 0.000307. The van der Waals surface area contributed by atoms with E-state index in [4.69, 9.17) is 4.74 Å². The van der Waals surface area contributed by atoms with Crippen LogP contribution in [0.1, 0.15) is 37.2 Å². The zero-order valence-corrected chi connectivity index (χ0v) is 23.3. The van der Waals surface area contributed by atoms with Crippen molar-refractivity contribution in [1.29, 1.82) is 0 Å². The summed E-state index contributed by atoms with van der Waals surface area (Å²) in [5, 5.41) is 22.3. The number of halogens is 3. The smallest absolute Gasteiger partial charge is 0.261 e. The van der Waals surface area contributed by atoms with Gasteiger partial charge in [0.2, 0.25) is 5.43 Å². The number of nitrogens with one attached hydrogen (secondary N) is 3. The number of amides is 1. The first-order valence-electron chi connectivity index (χ1n) is 13.3. The summed E-state index contributed by atoms with van der Waals surface area (Å²) >= 11 is 0. The van der Waals surface area contributed by atoms with Crippen molar-refractivity contribution in [2.45, 2.75) is 32.9 Å². The average Bonchev–Trinajstić information content (AvgIpc) is 3.39. The molecule has 0 aliphatic carbocycles. The Labute approximate surface area is 243 Å². The standard InChI is InChI=1S/C30H27F3N6O4/c1-15(2)39-12-19(17-4-6-21(31)22(32)10-17)27(41)20(13-39)30(42)36-18-5-7-24(23(33)11-18)43-25-8-9-34-28-26(25)29(38-37-28)35-16(3)14-40/h4-13,15-16,40H,14H2,1-3H3,(H,36,42)(H2,34,35,37,38). The minimum atomic E-state index is -1.13. The molecule has 0 radical (unpaired) electrons. The minimum Gasteiger partial charge on any atom is -0.453 e. The number of aromatic nitrogens is 4. The Morgan fingerprint density at radius 1 is 1.02 bits per heavy atom. The van der Waals surface area contributed by atoms with Crippen LogP contribution in [0.25, 0.3) is 22.2 Å². The Morgan fingerprint density at radius 3 is 2.51 bits per heavy atom. The van der Waals surface area contributed by atoms with Crippen LogP contribution in [0.5, 0.6) is 11.5 Å². The van der Waals surface area contributed by atoms with Gasteiger partial charge < -0.3 is 25.0 Å². The second kappa shape index (κ2) is 12.0. The highest BCUT2D eigenvalue weighted by molar-refractivity contribution is 6.04. The molecule has 0 aliphatic rings. The van der Waals surface area contributed by atoms with Crippen molar-refractivity contribution in [2.24, 2.45) is 0 Å². The fraction of sp³-hybridized carbons (Fsp3) is 0.200. The number of benzene rings is 2. The van der Waals surface area contributed by atoms with Crippen molar-refractivity contribution in [3.8, 4) is 22.6 Å². The highest BCUT2D eigenvalue weighted by Crippen LogP contribution is 2.34. The largest absolute Gasteiger partial charge is 0.453 e. The van der Waals surface area contributed by atoms with Gasteiger partial charge in [0.1, 0.15) is 16.7 Å². The summed E-state index contributed by atoms with van der Waals surface area (Å²) in [4.78, 5) is 30.7. The molecule has 4 N–H and O–H groups in total. The van der Waals surface area contributed by atoms with E-state index >= 15 is 4.39 Å². The van der Waals surface area contributed by atoms with Crippen LogP contribution in [-0.2, 0) is 0 Å². The Hall–Kier alpha value is -5.17. The molecule has 43 heavy (non-hydrogen) atoms. The molecule has 3 heterocycles. The number of ether oxygens (including phenoxy) is 1. The topological polar surface area (TPSA) is 134 Å². The molecule has 1 atom stereocenters. The second-order valence-electron chi connectivity index (χ2n) is 10.1. The fourth-order valence-corrected chi connectivity index (χ4v) is 4.30. The number of aliphatic hydroxyl groups is 1. The lowest BCUT2D eigenvalue weighted by Crippen LogP contribution is -2.25. The van der Waals surface area contributed by atoms with Gasteiger partial charge in [-0.2, -0.15) is 5.10 Å². The highest BCUT2D eigenvalue weighted by Gasteiger charge is 2.20. The van der Waals surface area contributed by atoms with Crippen molar-refractivity contribution >= 4 is 28.4 Å². The monoisotopic (exact) mass is 592 g/mol. The van der Waals surface area contributed by atoms with Crippen LogP contribution in [0.4, 0.5) is 24.7 Å². The molecule has 0 saturated heterocycles. The lowest BCUT2D eigenvalue weighted by atomic mass is 10.0. The number of fused-ring (bicyclic) bond motifs is 1. The molecule has 1 unspecified atom stereocenters. The van der Waals surface area contributed by atoms with Crippen LogP contribution >= 0.6 is 0 Å². The van der Waals surface area contributed by atoms with Crippen LogP contribution < -0.4 is 20.8 Å². The van der Waals surface area contributed by atoms with Crippen LogP contribution in [-0.4, -0.2) is 43.4 Å². The summed E-state index contributed by atoms with van der Waals surface area (Å²) < 4.78 is 50.0. The van der Waals surface area contributed by atoms with Crippen molar-refractivity contribution < 1.29 is 27.8 Å². The number of nitrogens with zero attached hydrogens (tertiary/aromatic N) is 3. The molecule has 0 fully saturated rings. The summed E-state index contributed by atoms with van der Waals surface area (Å²) in [5.74, 6) is -3.38. The highest BCUT2D eigenvalue weighted by atomic mass is 19.2. The third-order valence-electron chi connectivity index (χ3n) is 6.61. The molecule has 0 saturated carbocycles. The molecule has 13 heteroatoms. The van der Waals surface area contributed by atoms with E-state index in [1.807, 2.05) is 13.8 Å². The van der Waals surface area contributed by atoms with Crippen LogP contribution in [0.15, 0.2) is 65.8 Å². The number of carbonyl (C=O) groups is 1. The fourth-order valence-electron chi connectivity index (χ4n) is 4.30. The zero-order valence-electron chi connectivity index (χ0n) is 23.3. The molecule has 0 bridgehead atoms. The first-order valence-corrected chi connectivity index (χ1v) is 13.3. The van der Waals surface area contributed by atoms with E-state index in [2.05, 4.69) is 25.8 Å². The number of anilines is 2. The third kappa shape index (κ3) is 6.06. The Bertz CT molecular complexity index is 1890. The van der Waals surface area contributed by atoms with Crippen LogP contribution in [0.3, 0.4) is 0 Å². The predicted molar refractivity (Wildman–Crippen MR) is 155 cm³/mol. The van der Waals surface area contributed by atoms with E-state index in [0.717, 1.165) is 18.2 Å². The normalized spacial score (nSPS) is 12.0.